The van der Waals surface area contributed by atoms with Gasteiger partial charge in [0.05, 0.1) is 16.4 Å². The molecule has 1 aliphatic carbocycles. The van der Waals surface area contributed by atoms with Crippen LogP contribution >= 0.6 is 27.5 Å². The van der Waals surface area contributed by atoms with E-state index in [4.69, 9.17) is 23.1 Å². The zero-order chi connectivity index (χ0) is 11.4. The van der Waals surface area contributed by atoms with Gasteiger partial charge in [0.2, 0.25) is 0 Å². The van der Waals surface area contributed by atoms with E-state index in [-0.39, 0.29) is 0 Å². The molecule has 2 rings (SSSR count). The Bertz CT molecular complexity index is 314. The topological polar surface area (TPSA) is 52.0 Å². The predicted molar refractivity (Wildman–Crippen MR) is 71.0 cm³/mol. The lowest BCUT2D eigenvalue weighted by Gasteiger charge is -2.18. The predicted octanol–water partition coefficient (Wildman–Crippen LogP) is 4.07. The summed E-state index contributed by atoms with van der Waals surface area (Å²) in [6.45, 7) is 2.31. The third kappa shape index (κ3) is 3.92. The van der Waals surface area contributed by atoms with Gasteiger partial charge in [-0.1, -0.05) is 53.7 Å². The minimum absolute atomic E-state index is 0.435. The molecule has 4 heteroatoms. The molecule has 0 aliphatic heterocycles. The molecule has 0 aromatic heterocycles. The molecule has 1 aliphatic rings. The minimum Gasteiger partial charge on any atom is -0.397 e. The minimum atomic E-state index is 0.435. The summed E-state index contributed by atoms with van der Waals surface area (Å²) in [6, 6.07) is 3.41. The van der Waals surface area contributed by atoms with Gasteiger partial charge in [-0.05, 0) is 18.1 Å². The standard InChI is InChI=1S/C6H6BrClN2.C5H10/c7-3-1-4(8)6(10)5(9)2-3;1-5-3-2-4-5/h1-2H,9-10H2;5H,2-4H2,1H3. The van der Waals surface area contributed by atoms with Crippen molar-refractivity contribution < 1.29 is 0 Å². The van der Waals surface area contributed by atoms with E-state index in [9.17, 15) is 0 Å². The first-order valence-electron chi connectivity index (χ1n) is 5.00. The highest BCUT2D eigenvalue weighted by molar-refractivity contribution is 9.10. The molecule has 15 heavy (non-hydrogen) atoms. The Morgan fingerprint density at radius 2 is 1.87 bits per heavy atom. The van der Waals surface area contributed by atoms with Gasteiger partial charge in [-0.3, -0.25) is 0 Å². The maximum Gasteiger partial charge on any atom is 0.0737 e. The third-order valence-corrected chi connectivity index (χ3v) is 3.29. The Morgan fingerprint density at radius 3 is 2.20 bits per heavy atom. The van der Waals surface area contributed by atoms with Crippen molar-refractivity contribution >= 4 is 38.9 Å². The Hall–Kier alpha value is -0.410. The molecule has 1 aromatic carbocycles. The number of benzene rings is 1. The fraction of sp³-hybridized carbons (Fsp3) is 0.455. The number of anilines is 2. The van der Waals surface area contributed by atoms with Crippen molar-refractivity contribution in [2.45, 2.75) is 26.2 Å². The Kier molecular flexibility index (Phi) is 4.74. The van der Waals surface area contributed by atoms with Gasteiger partial charge in [-0.25, -0.2) is 0 Å². The van der Waals surface area contributed by atoms with Gasteiger partial charge in [0.15, 0.2) is 0 Å². The average Bonchev–Trinajstić information content (AvgIpc) is 2.12. The molecule has 1 aromatic rings. The van der Waals surface area contributed by atoms with E-state index in [0.717, 1.165) is 10.4 Å². The van der Waals surface area contributed by atoms with E-state index >= 15 is 0 Å². The highest BCUT2D eigenvalue weighted by Crippen LogP contribution is 2.29. The third-order valence-electron chi connectivity index (χ3n) is 2.52. The fourth-order valence-corrected chi connectivity index (χ4v) is 2.05. The number of rotatable bonds is 0. The van der Waals surface area contributed by atoms with Crippen LogP contribution in [-0.4, -0.2) is 0 Å². The monoisotopic (exact) mass is 290 g/mol. The largest absolute Gasteiger partial charge is 0.397 e. The van der Waals surface area contributed by atoms with Crippen LogP contribution in [0.15, 0.2) is 16.6 Å². The van der Waals surface area contributed by atoms with E-state index < -0.39 is 0 Å². The van der Waals surface area contributed by atoms with Crippen LogP contribution in [0.3, 0.4) is 0 Å². The number of nitrogens with two attached hydrogens (primary N) is 2. The van der Waals surface area contributed by atoms with Crippen LogP contribution in [0.25, 0.3) is 0 Å². The van der Waals surface area contributed by atoms with E-state index in [2.05, 4.69) is 22.9 Å². The molecule has 0 spiro atoms. The van der Waals surface area contributed by atoms with Crippen LogP contribution in [0.4, 0.5) is 11.4 Å². The van der Waals surface area contributed by atoms with Crippen LogP contribution in [0.1, 0.15) is 26.2 Å². The van der Waals surface area contributed by atoms with Crippen LogP contribution in [-0.2, 0) is 0 Å². The van der Waals surface area contributed by atoms with Crippen molar-refractivity contribution in [1.82, 2.24) is 0 Å². The summed E-state index contributed by atoms with van der Waals surface area (Å²) in [7, 11) is 0. The van der Waals surface area contributed by atoms with Crippen molar-refractivity contribution in [3.63, 3.8) is 0 Å². The SMILES string of the molecule is CC1CCC1.Nc1cc(Br)cc(Cl)c1N. The van der Waals surface area contributed by atoms with E-state index in [0.29, 0.717) is 16.4 Å². The van der Waals surface area contributed by atoms with Gasteiger partial charge in [0.1, 0.15) is 0 Å². The summed E-state index contributed by atoms with van der Waals surface area (Å²) in [5.74, 6) is 1.06. The maximum absolute atomic E-state index is 5.68. The lowest BCUT2D eigenvalue weighted by Crippen LogP contribution is -2.04. The van der Waals surface area contributed by atoms with E-state index in [1.54, 1.807) is 12.1 Å². The number of hydrogen-bond acceptors (Lipinski definition) is 2. The second-order valence-corrected chi connectivity index (χ2v) is 5.25. The second-order valence-electron chi connectivity index (χ2n) is 3.93. The van der Waals surface area contributed by atoms with Gasteiger partial charge in [-0.2, -0.15) is 0 Å². The second kappa shape index (κ2) is 5.61. The Labute approximate surface area is 104 Å². The molecular formula is C11H16BrClN2. The summed E-state index contributed by atoms with van der Waals surface area (Å²) < 4.78 is 0.837. The molecule has 84 valence electrons. The molecule has 1 fully saturated rings. The van der Waals surface area contributed by atoms with E-state index in [1.165, 1.54) is 19.3 Å². The number of nitrogen functional groups attached to an aromatic ring is 2. The zero-order valence-corrected chi connectivity index (χ0v) is 11.1. The molecular weight excluding hydrogens is 275 g/mol. The van der Waals surface area contributed by atoms with Crippen molar-refractivity contribution in [1.29, 1.82) is 0 Å². The smallest absolute Gasteiger partial charge is 0.0737 e. The fourth-order valence-electron chi connectivity index (χ4n) is 1.22. The molecule has 0 heterocycles. The first kappa shape index (κ1) is 12.7. The van der Waals surface area contributed by atoms with Crippen molar-refractivity contribution in [2.24, 2.45) is 5.92 Å². The zero-order valence-electron chi connectivity index (χ0n) is 8.76. The van der Waals surface area contributed by atoms with Gasteiger partial charge < -0.3 is 11.5 Å². The normalized spacial score (nSPS) is 15.1. The molecule has 0 amide bonds. The lowest BCUT2D eigenvalue weighted by atomic mass is 9.88. The highest BCUT2D eigenvalue weighted by atomic mass is 79.9. The molecule has 2 nitrogen and oxygen atoms in total. The average molecular weight is 292 g/mol. The first-order chi connectivity index (χ1) is 7.00. The van der Waals surface area contributed by atoms with Crippen LogP contribution in [0.2, 0.25) is 5.02 Å². The van der Waals surface area contributed by atoms with E-state index in [1.807, 2.05) is 0 Å². The molecule has 0 unspecified atom stereocenters. The van der Waals surface area contributed by atoms with Gasteiger partial charge in [0.25, 0.3) is 0 Å². The van der Waals surface area contributed by atoms with Crippen molar-refractivity contribution in [3.05, 3.63) is 21.6 Å². The summed E-state index contributed by atoms with van der Waals surface area (Å²) in [6.07, 6.45) is 4.46. The van der Waals surface area contributed by atoms with Gasteiger partial charge in [-0.15, -0.1) is 0 Å². The molecule has 1 saturated carbocycles. The highest BCUT2D eigenvalue weighted by Gasteiger charge is 2.09. The quantitative estimate of drug-likeness (QED) is 0.708. The van der Waals surface area contributed by atoms with Crippen LogP contribution in [0.5, 0.6) is 0 Å². The summed E-state index contributed by atoms with van der Waals surface area (Å²) >= 11 is 8.91. The number of halogens is 2. The van der Waals surface area contributed by atoms with Gasteiger partial charge >= 0.3 is 0 Å². The van der Waals surface area contributed by atoms with Crippen molar-refractivity contribution in [2.75, 3.05) is 11.5 Å². The Morgan fingerprint density at radius 1 is 1.33 bits per heavy atom. The summed E-state index contributed by atoms with van der Waals surface area (Å²) in [4.78, 5) is 0. The molecule has 0 atom stereocenters. The lowest BCUT2D eigenvalue weighted by molar-refractivity contribution is 0.346. The summed E-state index contributed by atoms with van der Waals surface area (Å²) in [5, 5.41) is 0.479. The maximum atomic E-state index is 5.68. The van der Waals surface area contributed by atoms with Crippen LogP contribution < -0.4 is 11.5 Å². The first-order valence-corrected chi connectivity index (χ1v) is 6.17. The molecule has 4 N–H and O–H groups in total. The Balaban J connectivity index is 0.000000187. The summed E-state index contributed by atoms with van der Waals surface area (Å²) in [5.41, 5.74) is 11.9. The molecule has 0 bridgehead atoms. The molecule has 0 radical (unpaired) electrons. The van der Waals surface area contributed by atoms with Gasteiger partial charge in [0, 0.05) is 4.47 Å². The van der Waals surface area contributed by atoms with Crippen molar-refractivity contribution in [3.8, 4) is 0 Å². The van der Waals surface area contributed by atoms with Crippen LogP contribution in [0, 0.1) is 5.92 Å². The molecule has 0 saturated heterocycles. The number of hydrogen-bond donors (Lipinski definition) is 2.